The highest BCUT2D eigenvalue weighted by Gasteiger charge is 2.22. The Hall–Kier alpha value is -2.35. The third-order valence-corrected chi connectivity index (χ3v) is 5.31. The smallest absolute Gasteiger partial charge is 0.319 e. The third kappa shape index (κ3) is 5.34. The minimum absolute atomic E-state index is 0.131. The number of likely N-dealkylation sites (N-methyl/N-ethyl adjacent to an activating group) is 1. The SMILES string of the molecule is C[C@@H](CN1CCCC1=O)NC(=O)Nc1ccc(N2CCCN(C)CC2)c(F)c1. The van der Waals surface area contributed by atoms with Gasteiger partial charge < -0.3 is 25.3 Å². The summed E-state index contributed by atoms with van der Waals surface area (Å²) in [6.07, 6.45) is 2.45. The highest BCUT2D eigenvalue weighted by molar-refractivity contribution is 5.89. The van der Waals surface area contributed by atoms with E-state index in [-0.39, 0.29) is 17.8 Å². The van der Waals surface area contributed by atoms with Gasteiger partial charge in [-0.25, -0.2) is 9.18 Å². The lowest BCUT2D eigenvalue weighted by Crippen LogP contribution is -2.44. The third-order valence-electron chi connectivity index (χ3n) is 5.31. The van der Waals surface area contributed by atoms with Crippen LogP contribution in [0.5, 0.6) is 0 Å². The molecular weight excluding hydrogens is 361 g/mol. The molecule has 0 radical (unpaired) electrons. The molecule has 2 fully saturated rings. The molecule has 1 atom stereocenters. The molecule has 28 heavy (non-hydrogen) atoms. The van der Waals surface area contributed by atoms with Gasteiger partial charge in [0.25, 0.3) is 0 Å². The van der Waals surface area contributed by atoms with E-state index in [4.69, 9.17) is 0 Å². The van der Waals surface area contributed by atoms with Crippen LogP contribution in [0.2, 0.25) is 0 Å². The van der Waals surface area contributed by atoms with Crippen LogP contribution in [0.1, 0.15) is 26.2 Å². The van der Waals surface area contributed by atoms with Gasteiger partial charge in [0, 0.05) is 50.9 Å². The van der Waals surface area contributed by atoms with E-state index in [1.165, 1.54) is 6.07 Å². The van der Waals surface area contributed by atoms with Crippen molar-refractivity contribution in [1.29, 1.82) is 0 Å². The van der Waals surface area contributed by atoms with Crippen molar-refractivity contribution in [1.82, 2.24) is 15.1 Å². The number of benzene rings is 1. The van der Waals surface area contributed by atoms with E-state index in [0.29, 0.717) is 24.3 Å². The number of urea groups is 1. The van der Waals surface area contributed by atoms with Crippen LogP contribution in [0.25, 0.3) is 0 Å². The fraction of sp³-hybridized carbons (Fsp3) is 0.600. The van der Waals surface area contributed by atoms with Gasteiger partial charge in [0.2, 0.25) is 5.91 Å². The first-order chi connectivity index (χ1) is 13.4. The fourth-order valence-corrected chi connectivity index (χ4v) is 3.79. The lowest BCUT2D eigenvalue weighted by molar-refractivity contribution is -0.127. The van der Waals surface area contributed by atoms with Crippen LogP contribution in [0.15, 0.2) is 18.2 Å². The quantitative estimate of drug-likeness (QED) is 0.807. The maximum absolute atomic E-state index is 14.6. The first-order valence-electron chi connectivity index (χ1n) is 10.0. The average molecular weight is 391 g/mol. The van der Waals surface area contributed by atoms with Gasteiger partial charge in [-0.05, 0) is 51.6 Å². The molecule has 3 amide bonds. The van der Waals surface area contributed by atoms with Gasteiger partial charge in [0.1, 0.15) is 5.82 Å². The molecule has 2 heterocycles. The molecule has 0 saturated carbocycles. The molecule has 1 aromatic carbocycles. The molecular formula is C20H30FN5O2. The van der Waals surface area contributed by atoms with E-state index < -0.39 is 6.03 Å². The van der Waals surface area contributed by atoms with E-state index in [9.17, 15) is 14.0 Å². The van der Waals surface area contributed by atoms with E-state index in [1.54, 1.807) is 17.0 Å². The van der Waals surface area contributed by atoms with Gasteiger partial charge in [0.15, 0.2) is 0 Å². The second-order valence-corrected chi connectivity index (χ2v) is 7.75. The van der Waals surface area contributed by atoms with Gasteiger partial charge in [0.05, 0.1) is 5.69 Å². The largest absolute Gasteiger partial charge is 0.368 e. The van der Waals surface area contributed by atoms with Crippen molar-refractivity contribution in [3.63, 3.8) is 0 Å². The highest BCUT2D eigenvalue weighted by atomic mass is 19.1. The summed E-state index contributed by atoms with van der Waals surface area (Å²) in [5.41, 5.74) is 0.984. The first-order valence-corrected chi connectivity index (χ1v) is 10.0. The number of nitrogens with zero attached hydrogens (tertiary/aromatic N) is 3. The second-order valence-electron chi connectivity index (χ2n) is 7.75. The minimum atomic E-state index is -0.400. The van der Waals surface area contributed by atoms with Gasteiger partial charge >= 0.3 is 6.03 Å². The molecule has 2 aliphatic heterocycles. The number of anilines is 2. The van der Waals surface area contributed by atoms with E-state index in [1.807, 2.05) is 6.92 Å². The van der Waals surface area contributed by atoms with Crippen LogP contribution < -0.4 is 15.5 Å². The van der Waals surface area contributed by atoms with Crippen LogP contribution in [0.4, 0.5) is 20.6 Å². The van der Waals surface area contributed by atoms with Crippen molar-refractivity contribution in [2.75, 3.05) is 56.5 Å². The zero-order valence-corrected chi connectivity index (χ0v) is 16.7. The number of rotatable bonds is 5. The highest BCUT2D eigenvalue weighted by Crippen LogP contribution is 2.24. The molecule has 7 nitrogen and oxygen atoms in total. The van der Waals surface area contributed by atoms with Crippen molar-refractivity contribution in [3.8, 4) is 0 Å². The number of nitrogens with one attached hydrogen (secondary N) is 2. The predicted molar refractivity (Wildman–Crippen MR) is 108 cm³/mol. The van der Waals surface area contributed by atoms with Crippen LogP contribution >= 0.6 is 0 Å². The molecule has 154 valence electrons. The van der Waals surface area contributed by atoms with Crippen LogP contribution in [-0.2, 0) is 4.79 Å². The Kier molecular flexibility index (Phi) is 6.72. The number of carbonyl (C=O) groups is 2. The number of hydrogen-bond acceptors (Lipinski definition) is 4. The molecule has 2 saturated heterocycles. The normalized spacial score (nSPS) is 19.5. The molecule has 2 aliphatic rings. The molecule has 0 unspecified atom stereocenters. The molecule has 8 heteroatoms. The Balaban J connectivity index is 1.53. The Morgan fingerprint density at radius 1 is 1.18 bits per heavy atom. The van der Waals surface area contributed by atoms with E-state index in [0.717, 1.165) is 45.6 Å². The maximum atomic E-state index is 14.6. The molecule has 3 rings (SSSR count). The van der Waals surface area contributed by atoms with Crippen LogP contribution in [0, 0.1) is 5.82 Å². The first kappa shape index (κ1) is 20.4. The summed E-state index contributed by atoms with van der Waals surface area (Å²) in [6.45, 7) is 6.60. The van der Waals surface area contributed by atoms with Gasteiger partial charge in [-0.2, -0.15) is 0 Å². The standard InChI is InChI=1S/C20H30FN5O2/c1-15(14-26-9-3-5-19(26)27)22-20(28)23-16-6-7-18(17(21)13-16)25-10-4-8-24(2)11-12-25/h6-7,13,15H,3-5,8-12,14H2,1-2H3,(H2,22,23,28)/t15-/m0/s1. The maximum Gasteiger partial charge on any atom is 0.319 e. The van der Waals surface area contributed by atoms with E-state index >= 15 is 0 Å². The summed E-state index contributed by atoms with van der Waals surface area (Å²) < 4.78 is 14.6. The lowest BCUT2D eigenvalue weighted by Gasteiger charge is -2.24. The van der Waals surface area contributed by atoms with Crippen molar-refractivity contribution in [2.24, 2.45) is 0 Å². The van der Waals surface area contributed by atoms with Gasteiger partial charge in [-0.1, -0.05) is 0 Å². The molecule has 0 aromatic heterocycles. The van der Waals surface area contributed by atoms with Crippen molar-refractivity contribution in [2.45, 2.75) is 32.2 Å². The summed E-state index contributed by atoms with van der Waals surface area (Å²) in [4.78, 5) is 29.9. The Morgan fingerprint density at radius 2 is 2.00 bits per heavy atom. The number of likely N-dealkylation sites (tertiary alicyclic amines) is 1. The van der Waals surface area contributed by atoms with Crippen LogP contribution in [0.3, 0.4) is 0 Å². The monoisotopic (exact) mass is 391 g/mol. The average Bonchev–Trinajstić information content (AvgIpc) is 2.90. The number of carbonyl (C=O) groups excluding carboxylic acids is 2. The van der Waals surface area contributed by atoms with Crippen molar-refractivity contribution < 1.29 is 14.0 Å². The molecule has 2 N–H and O–H groups in total. The molecule has 0 bridgehead atoms. The number of halogens is 1. The minimum Gasteiger partial charge on any atom is -0.368 e. The van der Waals surface area contributed by atoms with Crippen LogP contribution in [-0.4, -0.2) is 74.1 Å². The van der Waals surface area contributed by atoms with Gasteiger partial charge in [-0.15, -0.1) is 0 Å². The van der Waals surface area contributed by atoms with Crippen molar-refractivity contribution >= 4 is 23.3 Å². The van der Waals surface area contributed by atoms with Gasteiger partial charge in [-0.3, -0.25) is 4.79 Å². The fourth-order valence-electron chi connectivity index (χ4n) is 3.79. The molecule has 0 aliphatic carbocycles. The predicted octanol–water partition coefficient (Wildman–Crippen LogP) is 2.10. The topological polar surface area (TPSA) is 67.9 Å². The summed E-state index contributed by atoms with van der Waals surface area (Å²) in [5, 5.41) is 5.48. The Morgan fingerprint density at radius 3 is 2.71 bits per heavy atom. The lowest BCUT2D eigenvalue weighted by atomic mass is 10.2. The Bertz CT molecular complexity index is 714. The second kappa shape index (κ2) is 9.23. The summed E-state index contributed by atoms with van der Waals surface area (Å²) >= 11 is 0. The van der Waals surface area contributed by atoms with Crippen molar-refractivity contribution in [3.05, 3.63) is 24.0 Å². The number of amides is 3. The zero-order valence-electron chi connectivity index (χ0n) is 16.7. The Labute approximate surface area is 165 Å². The summed E-state index contributed by atoms with van der Waals surface area (Å²) in [6, 6.07) is 4.23. The summed E-state index contributed by atoms with van der Waals surface area (Å²) in [5.74, 6) is -0.204. The zero-order chi connectivity index (χ0) is 20.1. The van der Waals surface area contributed by atoms with E-state index in [2.05, 4.69) is 27.5 Å². The molecule has 0 spiro atoms. The number of hydrogen-bond donors (Lipinski definition) is 2. The summed E-state index contributed by atoms with van der Waals surface area (Å²) in [7, 11) is 2.08. The molecule has 1 aromatic rings.